The lowest BCUT2D eigenvalue weighted by Gasteiger charge is -2.12. The number of halogens is 2. The number of fused-ring (bicyclic) bond motifs is 1. The van der Waals surface area contributed by atoms with Crippen LogP contribution in [0.4, 0.5) is 5.69 Å². The third kappa shape index (κ3) is 3.95. The number of nitrogens with one attached hydrogen (secondary N) is 1. The number of aryl methyl sites for hydroxylation is 1. The molecule has 0 aliphatic rings. The van der Waals surface area contributed by atoms with Crippen LogP contribution >= 0.6 is 23.2 Å². The number of ether oxygens (including phenoxy) is 1. The van der Waals surface area contributed by atoms with Crippen LogP contribution < -0.4 is 10.1 Å². The second-order valence-electron chi connectivity index (χ2n) is 5.40. The van der Waals surface area contributed by atoms with Gasteiger partial charge in [0.25, 0.3) is 5.91 Å². The topological polar surface area (TPSA) is 71.5 Å². The van der Waals surface area contributed by atoms with E-state index < -0.39 is 0 Å². The summed E-state index contributed by atoms with van der Waals surface area (Å²) in [5.41, 5.74) is 1.84. The molecule has 1 heterocycles. The van der Waals surface area contributed by atoms with Crippen LogP contribution in [0.25, 0.3) is 10.9 Å². The fourth-order valence-corrected chi connectivity index (χ4v) is 2.88. The van der Waals surface area contributed by atoms with Crippen molar-refractivity contribution in [2.75, 3.05) is 11.9 Å². The van der Waals surface area contributed by atoms with Crippen LogP contribution in [0.3, 0.4) is 0 Å². The Kier molecular flexibility index (Phi) is 4.97. The summed E-state index contributed by atoms with van der Waals surface area (Å²) in [5, 5.41) is 13.4. The molecule has 0 atom stereocenters. The maximum absolute atomic E-state index is 12.1. The van der Waals surface area contributed by atoms with Crippen molar-refractivity contribution in [3.05, 3.63) is 58.2 Å². The minimum absolute atomic E-state index is 0.120. The monoisotopic (exact) mass is 376 g/mol. The number of aromatic hydroxyl groups is 1. The van der Waals surface area contributed by atoms with E-state index in [1.54, 1.807) is 18.2 Å². The number of hydrogen-bond donors (Lipinski definition) is 2. The molecule has 3 aromatic rings. The molecule has 0 fully saturated rings. The van der Waals surface area contributed by atoms with Crippen LogP contribution in [0, 0.1) is 6.92 Å². The van der Waals surface area contributed by atoms with Crippen molar-refractivity contribution in [1.82, 2.24) is 4.98 Å². The summed E-state index contributed by atoms with van der Waals surface area (Å²) in [6.45, 7) is 1.60. The molecule has 1 amide bonds. The minimum atomic E-state index is -0.363. The molecule has 0 saturated carbocycles. The van der Waals surface area contributed by atoms with Crippen molar-refractivity contribution in [3.8, 4) is 11.5 Å². The van der Waals surface area contributed by atoms with Gasteiger partial charge in [0.05, 0.1) is 10.0 Å². The second kappa shape index (κ2) is 7.17. The van der Waals surface area contributed by atoms with Gasteiger partial charge in [-0.1, -0.05) is 23.2 Å². The Balaban J connectivity index is 1.79. The summed E-state index contributed by atoms with van der Waals surface area (Å²) in [6, 6.07) is 11.4. The highest BCUT2D eigenvalue weighted by atomic mass is 35.5. The number of rotatable bonds is 4. The molecule has 0 saturated heterocycles. The molecule has 0 spiro atoms. The van der Waals surface area contributed by atoms with Gasteiger partial charge in [-0.25, -0.2) is 4.98 Å². The number of amides is 1. The molecule has 3 rings (SSSR count). The number of carbonyl (C=O) groups is 1. The highest BCUT2D eigenvalue weighted by molar-refractivity contribution is 6.39. The lowest BCUT2D eigenvalue weighted by molar-refractivity contribution is -0.118. The maximum atomic E-state index is 12.1. The van der Waals surface area contributed by atoms with Crippen molar-refractivity contribution in [3.63, 3.8) is 0 Å². The summed E-state index contributed by atoms with van der Waals surface area (Å²) in [4.78, 5) is 16.5. The van der Waals surface area contributed by atoms with E-state index in [-0.39, 0.29) is 23.3 Å². The van der Waals surface area contributed by atoms with Crippen LogP contribution in [0.5, 0.6) is 11.5 Å². The van der Waals surface area contributed by atoms with Crippen molar-refractivity contribution >= 4 is 45.7 Å². The van der Waals surface area contributed by atoms with E-state index in [9.17, 15) is 9.90 Å². The van der Waals surface area contributed by atoms with Crippen LogP contribution in [0.15, 0.2) is 42.5 Å². The molecule has 0 unspecified atom stereocenters. The van der Waals surface area contributed by atoms with Gasteiger partial charge in [-0.15, -0.1) is 0 Å². The Labute approximate surface area is 154 Å². The van der Waals surface area contributed by atoms with Crippen molar-refractivity contribution in [1.29, 1.82) is 0 Å². The Bertz CT molecular complexity index is 943. The Hall–Kier alpha value is -2.50. The molecular formula is C18H14Cl2N2O3. The molecule has 0 bridgehead atoms. The zero-order chi connectivity index (χ0) is 18.0. The molecular weight excluding hydrogens is 363 g/mol. The molecule has 5 nitrogen and oxygen atoms in total. The van der Waals surface area contributed by atoms with Crippen LogP contribution in [0.1, 0.15) is 5.69 Å². The smallest absolute Gasteiger partial charge is 0.262 e. The number of hydrogen-bond acceptors (Lipinski definition) is 4. The maximum Gasteiger partial charge on any atom is 0.262 e. The van der Waals surface area contributed by atoms with Crippen LogP contribution in [-0.4, -0.2) is 22.6 Å². The second-order valence-corrected chi connectivity index (χ2v) is 6.22. The van der Waals surface area contributed by atoms with E-state index in [0.29, 0.717) is 27.4 Å². The fourth-order valence-electron chi connectivity index (χ4n) is 2.31. The lowest BCUT2D eigenvalue weighted by atomic mass is 10.2. The molecule has 25 heavy (non-hydrogen) atoms. The molecule has 128 valence electrons. The first-order valence-corrected chi connectivity index (χ1v) is 8.16. The Morgan fingerprint density at radius 3 is 2.60 bits per heavy atom. The standard InChI is InChI=1S/C18H14Cl2N2O3/c1-10-2-7-13-14(19)8-15(20)18(17(13)21-10)25-9-16(24)22-11-3-5-12(23)6-4-11/h2-8,23H,9H2,1H3,(H,22,24). The first kappa shape index (κ1) is 17.3. The summed E-state index contributed by atoms with van der Waals surface area (Å²) in [7, 11) is 0. The summed E-state index contributed by atoms with van der Waals surface area (Å²) >= 11 is 12.4. The number of pyridine rings is 1. The van der Waals surface area contributed by atoms with Crippen molar-refractivity contribution < 1.29 is 14.6 Å². The van der Waals surface area contributed by atoms with Gasteiger partial charge in [0.15, 0.2) is 12.4 Å². The highest BCUT2D eigenvalue weighted by Crippen LogP contribution is 2.37. The zero-order valence-electron chi connectivity index (χ0n) is 13.2. The van der Waals surface area contributed by atoms with Gasteiger partial charge in [0, 0.05) is 16.8 Å². The third-order valence-electron chi connectivity index (χ3n) is 3.48. The molecule has 0 aliphatic heterocycles. The van der Waals surface area contributed by atoms with Gasteiger partial charge in [-0.3, -0.25) is 4.79 Å². The summed E-state index contributed by atoms with van der Waals surface area (Å²) < 4.78 is 5.60. The average Bonchev–Trinajstić information content (AvgIpc) is 2.56. The lowest BCUT2D eigenvalue weighted by Crippen LogP contribution is -2.20. The summed E-state index contributed by atoms with van der Waals surface area (Å²) in [5.74, 6) is 0.0678. The number of phenols is 1. The van der Waals surface area contributed by atoms with Gasteiger partial charge >= 0.3 is 0 Å². The predicted octanol–water partition coefficient (Wildman–Crippen LogP) is 4.57. The van der Waals surface area contributed by atoms with E-state index in [0.717, 1.165) is 5.69 Å². The normalized spacial score (nSPS) is 10.7. The Morgan fingerprint density at radius 1 is 1.16 bits per heavy atom. The first-order valence-electron chi connectivity index (χ1n) is 7.41. The largest absolute Gasteiger partial charge is 0.508 e. The van der Waals surface area contributed by atoms with Gasteiger partial charge in [0.2, 0.25) is 0 Å². The quantitative estimate of drug-likeness (QED) is 0.654. The molecule has 0 aliphatic carbocycles. The van der Waals surface area contributed by atoms with Crippen molar-refractivity contribution in [2.24, 2.45) is 0 Å². The van der Waals surface area contributed by atoms with Crippen molar-refractivity contribution in [2.45, 2.75) is 6.92 Å². The van der Waals surface area contributed by atoms with E-state index >= 15 is 0 Å². The average molecular weight is 377 g/mol. The SMILES string of the molecule is Cc1ccc2c(Cl)cc(Cl)c(OCC(=O)Nc3ccc(O)cc3)c2n1. The molecule has 2 aromatic carbocycles. The van der Waals surface area contributed by atoms with Gasteiger partial charge in [-0.05, 0) is 49.4 Å². The van der Waals surface area contributed by atoms with E-state index in [4.69, 9.17) is 27.9 Å². The number of phenolic OH excluding ortho intramolecular Hbond substituents is 1. The Morgan fingerprint density at radius 2 is 1.88 bits per heavy atom. The molecule has 0 radical (unpaired) electrons. The van der Waals surface area contributed by atoms with Gasteiger partial charge in [-0.2, -0.15) is 0 Å². The van der Waals surface area contributed by atoms with Gasteiger partial charge in [0.1, 0.15) is 11.3 Å². The number of anilines is 1. The van der Waals surface area contributed by atoms with Gasteiger partial charge < -0.3 is 15.2 Å². The number of benzene rings is 2. The van der Waals surface area contributed by atoms with E-state index in [2.05, 4.69) is 10.3 Å². The fraction of sp³-hybridized carbons (Fsp3) is 0.111. The number of nitrogens with zero attached hydrogens (tertiary/aromatic N) is 1. The first-order chi connectivity index (χ1) is 11.9. The number of aromatic nitrogens is 1. The third-order valence-corrected chi connectivity index (χ3v) is 4.07. The predicted molar refractivity (Wildman–Crippen MR) is 98.7 cm³/mol. The van der Waals surface area contributed by atoms with E-state index in [1.807, 2.05) is 19.1 Å². The number of carbonyl (C=O) groups excluding carboxylic acids is 1. The minimum Gasteiger partial charge on any atom is -0.508 e. The molecule has 1 aromatic heterocycles. The zero-order valence-corrected chi connectivity index (χ0v) is 14.7. The van der Waals surface area contributed by atoms with E-state index in [1.165, 1.54) is 12.1 Å². The molecule has 7 heteroatoms. The van der Waals surface area contributed by atoms with Crippen LogP contribution in [0.2, 0.25) is 10.0 Å². The van der Waals surface area contributed by atoms with Crippen LogP contribution in [-0.2, 0) is 4.79 Å². The highest BCUT2D eigenvalue weighted by Gasteiger charge is 2.14. The molecule has 2 N–H and O–H groups in total. The summed E-state index contributed by atoms with van der Waals surface area (Å²) in [6.07, 6.45) is 0.